The van der Waals surface area contributed by atoms with Crippen molar-refractivity contribution in [2.24, 2.45) is 11.7 Å². The van der Waals surface area contributed by atoms with Crippen molar-refractivity contribution in [2.75, 3.05) is 5.73 Å². The van der Waals surface area contributed by atoms with E-state index < -0.39 is 0 Å². The summed E-state index contributed by atoms with van der Waals surface area (Å²) < 4.78 is 0. The molecule has 0 fully saturated rings. The molecule has 1 aromatic heterocycles. The molecule has 0 bridgehead atoms. The Bertz CT molecular complexity index is 308. The summed E-state index contributed by atoms with van der Waals surface area (Å²) in [4.78, 5) is 4.24. The molecule has 14 heavy (non-hydrogen) atoms. The number of nitrogen functional groups attached to an aromatic ring is 1. The summed E-state index contributed by atoms with van der Waals surface area (Å²) in [7, 11) is 0. The first-order chi connectivity index (χ1) is 6.43. The van der Waals surface area contributed by atoms with Crippen LogP contribution in [0.4, 0.5) is 5.82 Å². The van der Waals surface area contributed by atoms with Crippen LogP contribution in [0.1, 0.15) is 36.7 Å². The highest BCUT2D eigenvalue weighted by Gasteiger charge is 2.16. The molecule has 0 unspecified atom stereocenters. The fourth-order valence-corrected chi connectivity index (χ4v) is 1.64. The summed E-state index contributed by atoms with van der Waals surface area (Å²) in [5.74, 6) is 0.948. The van der Waals surface area contributed by atoms with E-state index in [4.69, 9.17) is 11.5 Å². The van der Waals surface area contributed by atoms with Crippen molar-refractivity contribution in [3.63, 3.8) is 0 Å². The normalized spacial score (nSPS) is 13.3. The lowest BCUT2D eigenvalue weighted by Gasteiger charge is -2.20. The van der Waals surface area contributed by atoms with Crippen LogP contribution >= 0.6 is 0 Å². The minimum absolute atomic E-state index is 0.0249. The molecule has 3 nitrogen and oxygen atoms in total. The molecule has 0 saturated carbocycles. The van der Waals surface area contributed by atoms with Gasteiger partial charge in [0, 0.05) is 17.3 Å². The lowest BCUT2D eigenvalue weighted by Crippen LogP contribution is -2.20. The van der Waals surface area contributed by atoms with Crippen LogP contribution in [0.25, 0.3) is 0 Å². The predicted molar refractivity (Wildman–Crippen MR) is 59.9 cm³/mol. The van der Waals surface area contributed by atoms with E-state index in [-0.39, 0.29) is 6.04 Å². The third-order valence-corrected chi connectivity index (χ3v) is 2.47. The molecule has 0 spiro atoms. The summed E-state index contributed by atoms with van der Waals surface area (Å²) in [6, 6.07) is 2.00. The second-order valence-corrected chi connectivity index (χ2v) is 4.15. The molecule has 0 amide bonds. The fourth-order valence-electron chi connectivity index (χ4n) is 1.64. The van der Waals surface area contributed by atoms with E-state index >= 15 is 0 Å². The third-order valence-electron chi connectivity index (χ3n) is 2.47. The van der Waals surface area contributed by atoms with Gasteiger partial charge in [-0.2, -0.15) is 0 Å². The van der Waals surface area contributed by atoms with Gasteiger partial charge in [-0.25, -0.2) is 4.98 Å². The Kier molecular flexibility index (Phi) is 3.11. The number of aromatic nitrogens is 1. The largest absolute Gasteiger partial charge is 0.383 e. The quantitative estimate of drug-likeness (QED) is 0.754. The summed E-state index contributed by atoms with van der Waals surface area (Å²) in [6.45, 7) is 8.14. The van der Waals surface area contributed by atoms with E-state index in [0.29, 0.717) is 11.7 Å². The number of hydrogen-bond acceptors (Lipinski definition) is 3. The van der Waals surface area contributed by atoms with E-state index in [0.717, 1.165) is 16.8 Å². The molecule has 78 valence electrons. The van der Waals surface area contributed by atoms with Gasteiger partial charge in [0.05, 0.1) is 0 Å². The van der Waals surface area contributed by atoms with Gasteiger partial charge in [-0.1, -0.05) is 13.8 Å². The number of hydrogen-bond donors (Lipinski definition) is 2. The molecule has 0 aliphatic rings. The monoisotopic (exact) mass is 193 g/mol. The number of rotatable bonds is 2. The molecular weight excluding hydrogens is 174 g/mol. The van der Waals surface area contributed by atoms with E-state index in [1.165, 1.54) is 0 Å². The lowest BCUT2D eigenvalue weighted by atomic mass is 9.94. The summed E-state index contributed by atoms with van der Waals surface area (Å²) in [6.07, 6.45) is 0. The van der Waals surface area contributed by atoms with Crippen LogP contribution in [0.5, 0.6) is 0 Å². The third kappa shape index (κ3) is 2.04. The molecule has 1 aromatic rings. The number of nitrogens with zero attached hydrogens (tertiary/aromatic N) is 1. The second-order valence-electron chi connectivity index (χ2n) is 4.15. The Morgan fingerprint density at radius 3 is 2.29 bits per heavy atom. The maximum absolute atomic E-state index is 6.07. The average molecular weight is 193 g/mol. The summed E-state index contributed by atoms with van der Waals surface area (Å²) in [5, 5.41) is 0. The van der Waals surface area contributed by atoms with Gasteiger partial charge in [-0.05, 0) is 31.4 Å². The zero-order valence-corrected chi connectivity index (χ0v) is 9.33. The van der Waals surface area contributed by atoms with Crippen LogP contribution in [0.15, 0.2) is 6.07 Å². The molecule has 1 heterocycles. The summed E-state index contributed by atoms with van der Waals surface area (Å²) in [5.41, 5.74) is 15.0. The Morgan fingerprint density at radius 1 is 1.29 bits per heavy atom. The maximum atomic E-state index is 6.07. The Balaban J connectivity index is 3.20. The van der Waals surface area contributed by atoms with E-state index in [1.807, 2.05) is 19.9 Å². The number of pyridine rings is 1. The van der Waals surface area contributed by atoms with Crippen LogP contribution in [-0.2, 0) is 0 Å². The summed E-state index contributed by atoms with van der Waals surface area (Å²) >= 11 is 0. The van der Waals surface area contributed by atoms with Gasteiger partial charge in [0.1, 0.15) is 5.82 Å². The van der Waals surface area contributed by atoms with Gasteiger partial charge < -0.3 is 11.5 Å². The van der Waals surface area contributed by atoms with Crippen LogP contribution in [-0.4, -0.2) is 4.98 Å². The molecule has 0 aliphatic heterocycles. The highest BCUT2D eigenvalue weighted by Crippen LogP contribution is 2.26. The molecule has 4 N–H and O–H groups in total. The van der Waals surface area contributed by atoms with Crippen molar-refractivity contribution in [3.05, 3.63) is 22.9 Å². The van der Waals surface area contributed by atoms with Crippen LogP contribution in [0, 0.1) is 19.8 Å². The van der Waals surface area contributed by atoms with Gasteiger partial charge in [-0.15, -0.1) is 0 Å². The van der Waals surface area contributed by atoms with E-state index in [2.05, 4.69) is 18.8 Å². The molecule has 0 aliphatic carbocycles. The van der Waals surface area contributed by atoms with Gasteiger partial charge in [-0.3, -0.25) is 0 Å². The smallest absolute Gasteiger partial charge is 0.128 e. The standard InChI is InChI=1S/C11H19N3/c1-6(2)10(12)9-7(3)5-8(4)14-11(9)13/h5-6,10H,12H2,1-4H3,(H2,13,14)/t10-/m0/s1. The molecule has 0 aromatic carbocycles. The lowest BCUT2D eigenvalue weighted by molar-refractivity contribution is 0.512. The molecule has 0 radical (unpaired) electrons. The minimum Gasteiger partial charge on any atom is -0.383 e. The molecule has 0 saturated heterocycles. The molecular formula is C11H19N3. The van der Waals surface area contributed by atoms with Gasteiger partial charge in [0.15, 0.2) is 0 Å². The average Bonchev–Trinajstić information content (AvgIpc) is 2.01. The van der Waals surface area contributed by atoms with E-state index in [9.17, 15) is 0 Å². The van der Waals surface area contributed by atoms with Crippen LogP contribution < -0.4 is 11.5 Å². The molecule has 3 heteroatoms. The second kappa shape index (κ2) is 3.96. The number of aryl methyl sites for hydroxylation is 2. The fraction of sp³-hybridized carbons (Fsp3) is 0.545. The number of anilines is 1. The van der Waals surface area contributed by atoms with Crippen LogP contribution in [0.3, 0.4) is 0 Å². The SMILES string of the molecule is Cc1cc(C)c([C@@H](N)C(C)C)c(N)n1. The van der Waals surface area contributed by atoms with Crippen molar-refractivity contribution >= 4 is 5.82 Å². The van der Waals surface area contributed by atoms with Crippen molar-refractivity contribution in [1.82, 2.24) is 4.98 Å². The zero-order valence-electron chi connectivity index (χ0n) is 9.33. The molecule has 1 atom stereocenters. The Hall–Kier alpha value is -1.09. The Morgan fingerprint density at radius 2 is 1.86 bits per heavy atom. The predicted octanol–water partition coefficient (Wildman–Crippen LogP) is 1.94. The minimum atomic E-state index is -0.0249. The van der Waals surface area contributed by atoms with Gasteiger partial charge in [0.25, 0.3) is 0 Å². The van der Waals surface area contributed by atoms with Crippen molar-refractivity contribution in [2.45, 2.75) is 33.7 Å². The van der Waals surface area contributed by atoms with Crippen molar-refractivity contribution in [1.29, 1.82) is 0 Å². The first kappa shape index (κ1) is 11.0. The maximum Gasteiger partial charge on any atom is 0.128 e. The van der Waals surface area contributed by atoms with Gasteiger partial charge in [0.2, 0.25) is 0 Å². The van der Waals surface area contributed by atoms with Crippen molar-refractivity contribution in [3.8, 4) is 0 Å². The highest BCUT2D eigenvalue weighted by molar-refractivity contribution is 5.47. The molecule has 1 rings (SSSR count). The first-order valence-electron chi connectivity index (χ1n) is 4.92. The Labute approximate surface area is 85.5 Å². The van der Waals surface area contributed by atoms with E-state index in [1.54, 1.807) is 0 Å². The van der Waals surface area contributed by atoms with Crippen molar-refractivity contribution < 1.29 is 0 Å². The number of nitrogens with two attached hydrogens (primary N) is 2. The highest BCUT2D eigenvalue weighted by atomic mass is 14.9. The topological polar surface area (TPSA) is 64.9 Å². The first-order valence-corrected chi connectivity index (χ1v) is 4.92. The van der Waals surface area contributed by atoms with Gasteiger partial charge >= 0.3 is 0 Å². The zero-order chi connectivity index (χ0) is 10.9. The van der Waals surface area contributed by atoms with Crippen LogP contribution in [0.2, 0.25) is 0 Å².